The third-order valence-corrected chi connectivity index (χ3v) is 3.39. The van der Waals surface area contributed by atoms with Gasteiger partial charge in [-0.3, -0.25) is 14.4 Å². The molecule has 0 unspecified atom stereocenters. The van der Waals surface area contributed by atoms with Crippen LogP contribution in [0.5, 0.6) is 0 Å². The monoisotopic (exact) mass is 281 g/mol. The van der Waals surface area contributed by atoms with Crippen molar-refractivity contribution in [1.82, 2.24) is 0 Å². The summed E-state index contributed by atoms with van der Waals surface area (Å²) in [6.45, 7) is -0.577. The summed E-state index contributed by atoms with van der Waals surface area (Å²) in [5.41, 5.74) is 1.48. The van der Waals surface area contributed by atoms with Crippen molar-refractivity contribution in [2.24, 2.45) is 0 Å². The number of imide groups is 1. The minimum atomic E-state index is -0.577. The number of hydrogen-bond acceptors (Lipinski definition) is 4. The van der Waals surface area contributed by atoms with Gasteiger partial charge in [-0.25, -0.2) is 4.90 Å². The van der Waals surface area contributed by atoms with Gasteiger partial charge >= 0.3 is 0 Å². The fraction of sp³-hybridized carbons (Fsp3) is 0.0625. The van der Waals surface area contributed by atoms with Crippen molar-refractivity contribution in [1.29, 1.82) is 0 Å². The molecule has 1 aliphatic rings. The van der Waals surface area contributed by atoms with Crippen molar-refractivity contribution in [2.75, 3.05) is 11.5 Å². The largest absolute Gasteiger partial charge is 0.388 e. The summed E-state index contributed by atoms with van der Waals surface area (Å²) in [6, 6.07) is 12.6. The number of carbonyl (C=O) groups is 3. The Morgan fingerprint density at radius 1 is 0.905 bits per heavy atom. The number of aliphatic hydroxyl groups is 1. The lowest BCUT2D eigenvalue weighted by Gasteiger charge is -2.14. The quantitative estimate of drug-likeness (QED) is 0.686. The van der Waals surface area contributed by atoms with Crippen molar-refractivity contribution in [3.05, 3.63) is 65.2 Å². The number of fused-ring (bicyclic) bond motifs is 1. The molecule has 1 heterocycles. The molecule has 5 heteroatoms. The molecule has 104 valence electrons. The molecule has 2 amide bonds. The molecule has 2 aromatic carbocycles. The first-order valence-electron chi connectivity index (χ1n) is 6.35. The van der Waals surface area contributed by atoms with Crippen molar-refractivity contribution in [2.45, 2.75) is 0 Å². The molecule has 5 nitrogen and oxygen atoms in total. The van der Waals surface area contributed by atoms with Gasteiger partial charge in [-0.2, -0.15) is 0 Å². The van der Waals surface area contributed by atoms with Crippen LogP contribution in [0.3, 0.4) is 0 Å². The molecular weight excluding hydrogens is 270 g/mol. The van der Waals surface area contributed by atoms with Crippen LogP contribution in [0.15, 0.2) is 48.5 Å². The number of amides is 2. The maximum Gasteiger partial charge on any atom is 0.266 e. The van der Waals surface area contributed by atoms with E-state index in [4.69, 9.17) is 5.11 Å². The van der Waals surface area contributed by atoms with Crippen LogP contribution in [0.2, 0.25) is 0 Å². The first kappa shape index (κ1) is 13.2. The Hall–Kier alpha value is -2.79. The molecule has 0 fully saturated rings. The summed E-state index contributed by atoms with van der Waals surface area (Å²) in [5, 5.41) is 8.80. The number of hydrogen-bond donors (Lipinski definition) is 1. The second-order valence-corrected chi connectivity index (χ2v) is 4.62. The number of ketones is 1. The fourth-order valence-electron chi connectivity index (χ4n) is 2.31. The normalized spacial score (nSPS) is 13.5. The zero-order chi connectivity index (χ0) is 15.0. The van der Waals surface area contributed by atoms with E-state index in [9.17, 15) is 14.4 Å². The molecule has 0 radical (unpaired) electrons. The summed E-state index contributed by atoms with van der Waals surface area (Å²) in [7, 11) is 0. The average Bonchev–Trinajstić information content (AvgIpc) is 2.79. The zero-order valence-corrected chi connectivity index (χ0v) is 10.9. The maximum absolute atomic E-state index is 12.3. The van der Waals surface area contributed by atoms with Gasteiger partial charge in [0.15, 0.2) is 5.78 Å². The minimum Gasteiger partial charge on any atom is -0.388 e. The van der Waals surface area contributed by atoms with Gasteiger partial charge in [0.05, 0.1) is 16.8 Å². The van der Waals surface area contributed by atoms with E-state index < -0.39 is 12.4 Å². The third-order valence-electron chi connectivity index (χ3n) is 3.39. The highest BCUT2D eigenvalue weighted by Crippen LogP contribution is 2.28. The standard InChI is InChI=1S/C16H11NO4/c18-9-14(19)10-5-7-11(8-6-10)17-15(20)12-3-1-2-4-13(12)16(17)21/h1-8,18H,9H2. The topological polar surface area (TPSA) is 74.7 Å². The van der Waals surface area contributed by atoms with E-state index in [2.05, 4.69) is 0 Å². The molecule has 0 atom stereocenters. The van der Waals surface area contributed by atoms with E-state index in [1.165, 1.54) is 24.3 Å². The Morgan fingerprint density at radius 3 is 1.90 bits per heavy atom. The molecule has 0 aromatic heterocycles. The minimum absolute atomic E-state index is 0.331. The molecule has 1 N–H and O–H groups in total. The van der Waals surface area contributed by atoms with Crippen LogP contribution >= 0.6 is 0 Å². The first-order valence-corrected chi connectivity index (χ1v) is 6.35. The molecule has 0 bridgehead atoms. The Labute approximate surface area is 120 Å². The van der Waals surface area contributed by atoms with Gasteiger partial charge in [0, 0.05) is 5.56 Å². The van der Waals surface area contributed by atoms with E-state index in [1.54, 1.807) is 24.3 Å². The third kappa shape index (κ3) is 2.04. The van der Waals surface area contributed by atoms with E-state index in [1.807, 2.05) is 0 Å². The Kier molecular flexibility index (Phi) is 3.12. The smallest absolute Gasteiger partial charge is 0.266 e. The average molecular weight is 281 g/mol. The molecule has 0 spiro atoms. The number of Topliss-reactive ketones (excluding diaryl/α,β-unsaturated/α-hetero) is 1. The van der Waals surface area contributed by atoms with Crippen LogP contribution in [0.25, 0.3) is 0 Å². The summed E-state index contributed by atoms with van der Waals surface area (Å²) in [4.78, 5) is 37.0. The van der Waals surface area contributed by atoms with Gasteiger partial charge in [0.1, 0.15) is 6.61 Å². The fourth-order valence-corrected chi connectivity index (χ4v) is 2.31. The lowest BCUT2D eigenvalue weighted by Crippen LogP contribution is -2.29. The molecular formula is C16H11NO4. The number of carbonyl (C=O) groups excluding carboxylic acids is 3. The molecule has 0 aliphatic carbocycles. The Balaban J connectivity index is 1.97. The van der Waals surface area contributed by atoms with E-state index in [-0.39, 0.29) is 11.8 Å². The lowest BCUT2D eigenvalue weighted by atomic mass is 10.1. The predicted octanol–water partition coefficient (Wildman–Crippen LogP) is 1.66. The van der Waals surface area contributed by atoms with Crippen LogP contribution in [0.1, 0.15) is 31.1 Å². The van der Waals surface area contributed by atoms with Gasteiger partial charge in [-0.15, -0.1) is 0 Å². The van der Waals surface area contributed by atoms with E-state index in [0.29, 0.717) is 22.4 Å². The molecule has 21 heavy (non-hydrogen) atoms. The lowest BCUT2D eigenvalue weighted by molar-refractivity contribution is 0.0901. The number of rotatable bonds is 3. The highest BCUT2D eigenvalue weighted by molar-refractivity contribution is 6.34. The van der Waals surface area contributed by atoms with Crippen LogP contribution in [-0.2, 0) is 0 Å². The SMILES string of the molecule is O=C(CO)c1ccc(N2C(=O)c3ccccc3C2=O)cc1. The van der Waals surface area contributed by atoms with Crippen LogP contribution in [0.4, 0.5) is 5.69 Å². The van der Waals surface area contributed by atoms with Crippen LogP contribution in [0, 0.1) is 0 Å². The van der Waals surface area contributed by atoms with Crippen molar-refractivity contribution < 1.29 is 19.5 Å². The molecule has 0 saturated carbocycles. The molecule has 0 saturated heterocycles. The highest BCUT2D eigenvalue weighted by atomic mass is 16.3. The number of aliphatic hydroxyl groups excluding tert-OH is 1. The van der Waals surface area contributed by atoms with Crippen molar-refractivity contribution in [3.8, 4) is 0 Å². The second kappa shape index (κ2) is 4.96. The molecule has 1 aliphatic heterocycles. The molecule has 2 aromatic rings. The predicted molar refractivity (Wildman–Crippen MR) is 75.4 cm³/mol. The maximum atomic E-state index is 12.3. The summed E-state index contributed by atoms with van der Waals surface area (Å²) < 4.78 is 0. The van der Waals surface area contributed by atoms with E-state index >= 15 is 0 Å². The number of benzene rings is 2. The van der Waals surface area contributed by atoms with Crippen molar-refractivity contribution >= 4 is 23.3 Å². The first-order chi connectivity index (χ1) is 10.1. The summed E-state index contributed by atoms with van der Waals surface area (Å²) in [6.07, 6.45) is 0. The van der Waals surface area contributed by atoms with Gasteiger partial charge < -0.3 is 5.11 Å². The van der Waals surface area contributed by atoms with E-state index in [0.717, 1.165) is 4.90 Å². The van der Waals surface area contributed by atoms with Gasteiger partial charge in [-0.05, 0) is 36.4 Å². The van der Waals surface area contributed by atoms with Gasteiger partial charge in [0.2, 0.25) is 0 Å². The van der Waals surface area contributed by atoms with Gasteiger partial charge in [0.25, 0.3) is 11.8 Å². The Bertz CT molecular complexity index is 714. The van der Waals surface area contributed by atoms with Gasteiger partial charge in [-0.1, -0.05) is 12.1 Å². The number of anilines is 1. The van der Waals surface area contributed by atoms with Crippen molar-refractivity contribution in [3.63, 3.8) is 0 Å². The Morgan fingerprint density at radius 2 is 1.43 bits per heavy atom. The summed E-state index contributed by atoms with van der Waals surface area (Å²) >= 11 is 0. The highest BCUT2D eigenvalue weighted by Gasteiger charge is 2.36. The molecule has 3 rings (SSSR count). The zero-order valence-electron chi connectivity index (χ0n) is 10.9. The summed E-state index contributed by atoms with van der Waals surface area (Å²) in [5.74, 6) is -1.17. The number of nitrogens with zero attached hydrogens (tertiary/aromatic N) is 1. The second-order valence-electron chi connectivity index (χ2n) is 4.62. The van der Waals surface area contributed by atoms with Crippen LogP contribution < -0.4 is 4.90 Å². The van der Waals surface area contributed by atoms with Crippen LogP contribution in [-0.4, -0.2) is 29.3 Å².